The first-order chi connectivity index (χ1) is 14.1. The van der Waals surface area contributed by atoms with Gasteiger partial charge in [0.25, 0.3) is 0 Å². The largest absolute Gasteiger partial charge is 0.497 e. The van der Waals surface area contributed by atoms with E-state index in [0.29, 0.717) is 18.2 Å². The molecule has 4 rings (SSSR count). The zero-order chi connectivity index (χ0) is 20.3. The quantitative estimate of drug-likeness (QED) is 0.554. The van der Waals surface area contributed by atoms with Crippen molar-refractivity contribution in [3.63, 3.8) is 0 Å². The maximum absolute atomic E-state index is 13.3. The summed E-state index contributed by atoms with van der Waals surface area (Å²) < 4.78 is 5.37. The van der Waals surface area contributed by atoms with Crippen LogP contribution in [0.25, 0.3) is 11.4 Å². The summed E-state index contributed by atoms with van der Waals surface area (Å²) in [5.41, 5.74) is 7.68. The molecule has 8 heteroatoms. The molecule has 0 aliphatic heterocycles. The van der Waals surface area contributed by atoms with E-state index in [-0.39, 0.29) is 18.3 Å². The number of amides is 1. The zero-order valence-corrected chi connectivity index (χ0v) is 17.7. The molecule has 3 aromatic rings. The highest BCUT2D eigenvalue weighted by atomic mass is 35.5. The molecule has 1 aromatic heterocycles. The summed E-state index contributed by atoms with van der Waals surface area (Å²) in [6, 6.07) is 15.4. The number of carbonyl (C=O) groups excluding carboxylic acids is 1. The minimum absolute atomic E-state index is 0. The van der Waals surface area contributed by atoms with Crippen LogP contribution in [0.1, 0.15) is 37.1 Å². The number of aromatic nitrogens is 3. The Kier molecular flexibility index (Phi) is 6.74. The minimum Gasteiger partial charge on any atom is -0.497 e. The Morgan fingerprint density at radius 2 is 1.93 bits per heavy atom. The van der Waals surface area contributed by atoms with E-state index in [2.05, 4.69) is 20.5 Å². The summed E-state index contributed by atoms with van der Waals surface area (Å²) in [6.45, 7) is 0.313. The number of carbonyl (C=O) groups is 1. The molecular weight excluding hydrogens is 402 g/mol. The van der Waals surface area contributed by atoms with Crippen molar-refractivity contribution in [1.29, 1.82) is 0 Å². The van der Waals surface area contributed by atoms with Crippen LogP contribution < -0.4 is 15.8 Å². The van der Waals surface area contributed by atoms with E-state index < -0.39 is 5.41 Å². The van der Waals surface area contributed by atoms with Gasteiger partial charge >= 0.3 is 0 Å². The molecule has 0 bridgehead atoms. The lowest BCUT2D eigenvalue weighted by Crippen LogP contribution is -2.38. The van der Waals surface area contributed by atoms with Gasteiger partial charge in [-0.1, -0.05) is 25.0 Å². The fourth-order valence-electron chi connectivity index (χ4n) is 4.02. The van der Waals surface area contributed by atoms with Crippen molar-refractivity contribution < 1.29 is 9.53 Å². The summed E-state index contributed by atoms with van der Waals surface area (Å²) >= 11 is 0. The number of nitrogens with two attached hydrogens (primary N) is 1. The molecule has 1 aliphatic carbocycles. The summed E-state index contributed by atoms with van der Waals surface area (Å²) in [5.74, 6) is 2.03. The third-order valence-electron chi connectivity index (χ3n) is 5.64. The van der Waals surface area contributed by atoms with Crippen LogP contribution in [0.4, 0.5) is 5.69 Å². The molecule has 0 unspecified atom stereocenters. The molecule has 7 nitrogen and oxygen atoms in total. The van der Waals surface area contributed by atoms with Crippen LogP contribution in [-0.4, -0.2) is 28.2 Å². The highest BCUT2D eigenvalue weighted by Crippen LogP contribution is 2.43. The molecule has 2 aromatic carbocycles. The summed E-state index contributed by atoms with van der Waals surface area (Å²) in [6.07, 6.45) is 3.75. The standard InChI is InChI=1S/C22H25N5O2.ClH/c1-29-18-6-4-5-16(13-18)22(11-2-3-12-22)21(28)24-17-9-7-15(8-10-17)20-25-19(14-23)26-27-20;/h4-10,13H,2-3,11-12,14,23H2,1H3,(H,24,28)(H,25,26,27);1H. The molecular formula is C22H26ClN5O2. The first-order valence-corrected chi connectivity index (χ1v) is 9.82. The third kappa shape index (κ3) is 4.17. The van der Waals surface area contributed by atoms with Crippen LogP contribution in [-0.2, 0) is 16.8 Å². The Labute approximate surface area is 181 Å². The van der Waals surface area contributed by atoms with Gasteiger partial charge in [-0.3, -0.25) is 9.89 Å². The minimum atomic E-state index is -0.521. The Morgan fingerprint density at radius 3 is 2.57 bits per heavy atom. The van der Waals surface area contributed by atoms with Gasteiger partial charge in [0, 0.05) is 11.3 Å². The molecule has 0 radical (unpaired) electrons. The van der Waals surface area contributed by atoms with Gasteiger partial charge in [0.15, 0.2) is 5.82 Å². The van der Waals surface area contributed by atoms with Crippen LogP contribution in [0.5, 0.6) is 5.75 Å². The molecule has 1 saturated carbocycles. The van der Waals surface area contributed by atoms with Crippen molar-refractivity contribution in [1.82, 2.24) is 15.2 Å². The van der Waals surface area contributed by atoms with Gasteiger partial charge in [0.05, 0.1) is 19.1 Å². The second kappa shape index (κ2) is 9.28. The number of hydrogen-bond acceptors (Lipinski definition) is 5. The lowest BCUT2D eigenvalue weighted by atomic mass is 9.78. The molecule has 4 N–H and O–H groups in total. The van der Waals surface area contributed by atoms with E-state index in [1.54, 1.807) is 7.11 Å². The number of aromatic amines is 1. The fourth-order valence-corrected chi connectivity index (χ4v) is 4.02. The number of hydrogen-bond donors (Lipinski definition) is 3. The maximum atomic E-state index is 13.3. The van der Waals surface area contributed by atoms with Crippen molar-refractivity contribution >= 4 is 24.0 Å². The smallest absolute Gasteiger partial charge is 0.235 e. The van der Waals surface area contributed by atoms with Crippen LogP contribution in [0.2, 0.25) is 0 Å². The predicted octanol–water partition coefficient (Wildman–Crippen LogP) is 3.81. The Bertz CT molecular complexity index is 997. The summed E-state index contributed by atoms with van der Waals surface area (Å²) in [4.78, 5) is 17.7. The average Bonchev–Trinajstić information content (AvgIpc) is 3.45. The number of H-pyrrole nitrogens is 1. The first-order valence-electron chi connectivity index (χ1n) is 9.82. The summed E-state index contributed by atoms with van der Waals surface area (Å²) in [5, 5.41) is 10.1. The lowest BCUT2D eigenvalue weighted by Gasteiger charge is -2.28. The van der Waals surface area contributed by atoms with E-state index in [4.69, 9.17) is 10.5 Å². The number of ether oxygens (including phenoxy) is 1. The SMILES string of the molecule is COc1cccc(C2(C(=O)Nc3ccc(-c4n[nH]c(CN)n4)cc3)CCCC2)c1.Cl. The fraction of sp³-hybridized carbons (Fsp3) is 0.318. The Hall–Kier alpha value is -2.90. The average molecular weight is 428 g/mol. The van der Waals surface area contributed by atoms with Gasteiger partial charge in [0.1, 0.15) is 11.6 Å². The zero-order valence-electron chi connectivity index (χ0n) is 16.9. The predicted molar refractivity (Wildman–Crippen MR) is 119 cm³/mol. The van der Waals surface area contributed by atoms with Gasteiger partial charge in [0.2, 0.25) is 5.91 Å². The van der Waals surface area contributed by atoms with Crippen molar-refractivity contribution in [2.75, 3.05) is 12.4 Å². The topological polar surface area (TPSA) is 106 Å². The first kappa shape index (κ1) is 21.8. The van der Waals surface area contributed by atoms with E-state index in [9.17, 15) is 4.79 Å². The van der Waals surface area contributed by atoms with Gasteiger partial charge in [-0.05, 0) is 54.8 Å². The van der Waals surface area contributed by atoms with Crippen molar-refractivity contribution in [3.8, 4) is 17.1 Å². The van der Waals surface area contributed by atoms with Gasteiger partial charge < -0.3 is 15.8 Å². The lowest BCUT2D eigenvalue weighted by molar-refractivity contribution is -0.121. The maximum Gasteiger partial charge on any atom is 0.235 e. The van der Waals surface area contributed by atoms with Crippen molar-refractivity contribution in [2.45, 2.75) is 37.6 Å². The van der Waals surface area contributed by atoms with E-state index in [1.807, 2.05) is 48.5 Å². The van der Waals surface area contributed by atoms with Crippen LogP contribution in [0.15, 0.2) is 48.5 Å². The molecule has 158 valence electrons. The number of nitrogens with one attached hydrogen (secondary N) is 2. The van der Waals surface area contributed by atoms with Crippen LogP contribution >= 0.6 is 12.4 Å². The molecule has 1 heterocycles. The number of anilines is 1. The van der Waals surface area contributed by atoms with Gasteiger partial charge in [-0.25, -0.2) is 4.98 Å². The number of methoxy groups -OCH3 is 1. The van der Waals surface area contributed by atoms with E-state index in [0.717, 1.165) is 48.2 Å². The van der Waals surface area contributed by atoms with E-state index >= 15 is 0 Å². The van der Waals surface area contributed by atoms with Gasteiger partial charge in [-0.2, -0.15) is 5.10 Å². The highest BCUT2D eigenvalue weighted by molar-refractivity contribution is 5.99. The second-order valence-corrected chi connectivity index (χ2v) is 7.36. The van der Waals surface area contributed by atoms with Crippen LogP contribution in [0.3, 0.4) is 0 Å². The Balaban J connectivity index is 0.00000256. The molecule has 30 heavy (non-hydrogen) atoms. The number of rotatable bonds is 6. The monoisotopic (exact) mass is 427 g/mol. The molecule has 0 atom stereocenters. The van der Waals surface area contributed by atoms with Gasteiger partial charge in [-0.15, -0.1) is 12.4 Å². The normalized spacial score (nSPS) is 14.7. The molecule has 1 aliphatic rings. The highest BCUT2D eigenvalue weighted by Gasteiger charge is 2.42. The molecule has 0 saturated heterocycles. The second-order valence-electron chi connectivity index (χ2n) is 7.36. The number of nitrogens with zero attached hydrogens (tertiary/aromatic N) is 2. The molecule has 0 spiro atoms. The van der Waals surface area contributed by atoms with Crippen molar-refractivity contribution in [3.05, 3.63) is 59.9 Å². The number of benzene rings is 2. The van der Waals surface area contributed by atoms with E-state index in [1.165, 1.54) is 0 Å². The molecule has 1 fully saturated rings. The summed E-state index contributed by atoms with van der Waals surface area (Å²) in [7, 11) is 1.65. The Morgan fingerprint density at radius 1 is 1.20 bits per heavy atom. The molecule has 1 amide bonds. The number of halogens is 1. The van der Waals surface area contributed by atoms with Crippen LogP contribution in [0, 0.1) is 0 Å². The third-order valence-corrected chi connectivity index (χ3v) is 5.64. The van der Waals surface area contributed by atoms with Crippen molar-refractivity contribution in [2.24, 2.45) is 5.73 Å².